The van der Waals surface area contributed by atoms with Gasteiger partial charge in [0, 0.05) is 30.0 Å². The topological polar surface area (TPSA) is 103 Å². The van der Waals surface area contributed by atoms with Crippen molar-refractivity contribution in [3.8, 4) is 11.5 Å². The van der Waals surface area contributed by atoms with Gasteiger partial charge in [0.2, 0.25) is 11.7 Å². The van der Waals surface area contributed by atoms with Crippen molar-refractivity contribution >= 4 is 17.7 Å². The third kappa shape index (κ3) is 3.30. The maximum atomic E-state index is 12.3. The molecule has 134 valence electrons. The molecule has 9 heteroatoms. The molecule has 0 fully saturated rings. The van der Waals surface area contributed by atoms with Crippen LogP contribution in [0.3, 0.4) is 0 Å². The van der Waals surface area contributed by atoms with Gasteiger partial charge in [0.1, 0.15) is 5.69 Å². The molecule has 1 amide bonds. The normalized spacial score (nSPS) is 15.8. The third-order valence-electron chi connectivity index (χ3n) is 4.03. The second-order valence-electron chi connectivity index (χ2n) is 5.99. The van der Waals surface area contributed by atoms with Gasteiger partial charge < -0.3 is 14.3 Å². The van der Waals surface area contributed by atoms with Crippen LogP contribution in [0.4, 0.5) is 0 Å². The fraction of sp³-hybridized carbons (Fsp3) is 0.294. The summed E-state index contributed by atoms with van der Waals surface area (Å²) in [5, 5.41) is 7.40. The largest absolute Gasteiger partial charge is 0.461 e. The number of thioether (sulfide) groups is 1. The highest BCUT2D eigenvalue weighted by Crippen LogP contribution is 2.31. The lowest BCUT2D eigenvalue weighted by Crippen LogP contribution is -2.30. The number of aryl methyl sites for hydroxylation is 1. The van der Waals surface area contributed by atoms with Crippen molar-refractivity contribution in [1.82, 2.24) is 20.0 Å². The van der Waals surface area contributed by atoms with Crippen LogP contribution in [0.5, 0.6) is 0 Å². The molecule has 1 atom stereocenters. The van der Waals surface area contributed by atoms with Gasteiger partial charge in [-0.15, -0.1) is 0 Å². The summed E-state index contributed by atoms with van der Waals surface area (Å²) in [5.74, 6) is 1.59. The van der Waals surface area contributed by atoms with Gasteiger partial charge in [0.15, 0.2) is 10.9 Å². The van der Waals surface area contributed by atoms with Crippen LogP contribution >= 0.6 is 11.8 Å². The highest BCUT2D eigenvalue weighted by atomic mass is 32.2. The summed E-state index contributed by atoms with van der Waals surface area (Å²) in [6.07, 6.45) is 1.77. The van der Waals surface area contributed by atoms with Gasteiger partial charge in [-0.2, -0.15) is 0 Å². The second-order valence-corrected chi connectivity index (χ2v) is 6.98. The van der Waals surface area contributed by atoms with Crippen LogP contribution in [0, 0.1) is 6.92 Å². The van der Waals surface area contributed by atoms with Crippen molar-refractivity contribution in [1.29, 1.82) is 0 Å². The molecule has 0 bridgehead atoms. The lowest BCUT2D eigenvalue weighted by Gasteiger charge is -2.12. The van der Waals surface area contributed by atoms with Crippen molar-refractivity contribution in [2.75, 3.05) is 5.75 Å². The van der Waals surface area contributed by atoms with Gasteiger partial charge in [-0.05, 0) is 19.1 Å². The number of carbonyl (C=O) groups is 1. The van der Waals surface area contributed by atoms with Gasteiger partial charge in [-0.25, -0.2) is 4.98 Å². The zero-order valence-electron chi connectivity index (χ0n) is 14.0. The van der Waals surface area contributed by atoms with E-state index < -0.39 is 0 Å². The Bertz CT molecular complexity index is 993. The van der Waals surface area contributed by atoms with Gasteiger partial charge in [-0.1, -0.05) is 16.9 Å². The van der Waals surface area contributed by atoms with Gasteiger partial charge >= 0.3 is 0 Å². The smallest absolute Gasteiger partial charge is 0.254 e. The predicted molar refractivity (Wildman–Crippen MR) is 93.7 cm³/mol. The molecule has 1 aliphatic rings. The molecule has 4 heterocycles. The number of nitrogens with zero attached hydrogens (tertiary/aromatic N) is 3. The van der Waals surface area contributed by atoms with E-state index in [1.165, 1.54) is 17.8 Å². The van der Waals surface area contributed by atoms with Gasteiger partial charge in [-0.3, -0.25) is 14.2 Å². The summed E-state index contributed by atoms with van der Waals surface area (Å²) in [5.41, 5.74) is 1.17. The number of amides is 1. The fourth-order valence-electron chi connectivity index (χ4n) is 2.82. The zero-order valence-corrected chi connectivity index (χ0v) is 14.8. The van der Waals surface area contributed by atoms with E-state index in [1.54, 1.807) is 36.0 Å². The van der Waals surface area contributed by atoms with Crippen molar-refractivity contribution in [2.45, 2.75) is 31.1 Å². The molecular weight excluding hydrogens is 356 g/mol. The Kier molecular flexibility index (Phi) is 4.37. The summed E-state index contributed by atoms with van der Waals surface area (Å²) in [7, 11) is 0. The van der Waals surface area contributed by atoms with Gasteiger partial charge in [0.25, 0.3) is 5.56 Å². The Morgan fingerprint density at radius 3 is 3.12 bits per heavy atom. The number of hydrogen-bond donors (Lipinski definition) is 1. The molecule has 0 aromatic carbocycles. The molecule has 0 spiro atoms. The molecule has 1 aliphatic heterocycles. The molecule has 0 saturated carbocycles. The first kappa shape index (κ1) is 16.6. The van der Waals surface area contributed by atoms with Crippen molar-refractivity contribution in [2.24, 2.45) is 0 Å². The van der Waals surface area contributed by atoms with Crippen LogP contribution in [0.1, 0.15) is 23.9 Å². The van der Waals surface area contributed by atoms with Crippen LogP contribution < -0.4 is 10.9 Å². The predicted octanol–water partition coefficient (Wildman–Crippen LogP) is 2.15. The quantitative estimate of drug-likeness (QED) is 0.685. The van der Waals surface area contributed by atoms with E-state index in [0.717, 1.165) is 0 Å². The Balaban J connectivity index is 1.37. The van der Waals surface area contributed by atoms with Crippen LogP contribution in [0.15, 0.2) is 49.4 Å². The van der Waals surface area contributed by atoms with Gasteiger partial charge in [0.05, 0.1) is 18.8 Å². The van der Waals surface area contributed by atoms with Crippen molar-refractivity contribution in [3.05, 3.63) is 52.3 Å². The summed E-state index contributed by atoms with van der Waals surface area (Å²) < 4.78 is 12.0. The van der Waals surface area contributed by atoms with Crippen LogP contribution in [-0.4, -0.2) is 26.4 Å². The molecule has 3 aromatic rings. The number of aromatic nitrogens is 3. The third-order valence-corrected chi connectivity index (χ3v) is 5.13. The average molecular weight is 372 g/mol. The van der Waals surface area contributed by atoms with Crippen LogP contribution in [0.25, 0.3) is 11.5 Å². The van der Waals surface area contributed by atoms with E-state index in [9.17, 15) is 9.59 Å². The number of nitrogens with one attached hydrogen (secondary N) is 1. The highest BCUT2D eigenvalue weighted by molar-refractivity contribution is 7.99. The molecule has 0 radical (unpaired) electrons. The summed E-state index contributed by atoms with van der Waals surface area (Å²) in [6.45, 7) is 2.04. The molecule has 26 heavy (non-hydrogen) atoms. The lowest BCUT2D eigenvalue weighted by atomic mass is 10.2. The monoisotopic (exact) mass is 372 g/mol. The maximum absolute atomic E-state index is 12.3. The second kappa shape index (κ2) is 6.83. The molecule has 0 saturated heterocycles. The Morgan fingerprint density at radius 2 is 2.31 bits per heavy atom. The first-order valence-corrected chi connectivity index (χ1v) is 9.08. The van der Waals surface area contributed by atoms with E-state index in [-0.39, 0.29) is 30.5 Å². The summed E-state index contributed by atoms with van der Waals surface area (Å²) in [6, 6.07) is 6.55. The first-order valence-electron chi connectivity index (χ1n) is 8.09. The van der Waals surface area contributed by atoms with Crippen molar-refractivity contribution in [3.63, 3.8) is 0 Å². The number of fused-ring (bicyclic) bond motifs is 1. The van der Waals surface area contributed by atoms with E-state index in [0.29, 0.717) is 33.8 Å². The molecule has 0 unspecified atom stereocenters. The van der Waals surface area contributed by atoms with Crippen LogP contribution in [0.2, 0.25) is 0 Å². The molecule has 4 rings (SSSR count). The van der Waals surface area contributed by atoms with E-state index in [4.69, 9.17) is 8.94 Å². The maximum Gasteiger partial charge on any atom is 0.254 e. The Hall–Kier alpha value is -2.81. The molecule has 0 aliphatic carbocycles. The number of carbonyl (C=O) groups excluding carboxylic acids is 1. The Morgan fingerprint density at radius 1 is 1.42 bits per heavy atom. The van der Waals surface area contributed by atoms with Crippen molar-refractivity contribution < 1.29 is 13.7 Å². The minimum absolute atomic E-state index is 0.116. The highest BCUT2D eigenvalue weighted by Gasteiger charge is 2.27. The zero-order chi connectivity index (χ0) is 18.1. The number of hydrogen-bond acceptors (Lipinski definition) is 7. The van der Waals surface area contributed by atoms with E-state index in [2.05, 4.69) is 15.5 Å². The van der Waals surface area contributed by atoms with E-state index >= 15 is 0 Å². The Labute approximate surface area is 152 Å². The minimum Gasteiger partial charge on any atom is -0.461 e. The van der Waals surface area contributed by atoms with E-state index in [1.807, 2.05) is 0 Å². The number of rotatable bonds is 5. The summed E-state index contributed by atoms with van der Waals surface area (Å²) >= 11 is 1.50. The first-order chi connectivity index (χ1) is 12.6. The van der Waals surface area contributed by atoms with Crippen LogP contribution in [-0.2, 0) is 11.3 Å². The SMILES string of the molecule is Cc1cc(=O)n2c(n1)SC[C@@H]2CC(=O)NCc1cc(-c2ccco2)on1. The summed E-state index contributed by atoms with van der Waals surface area (Å²) in [4.78, 5) is 28.8. The fourth-order valence-corrected chi connectivity index (χ4v) is 4.01. The minimum atomic E-state index is -0.188. The lowest BCUT2D eigenvalue weighted by molar-refractivity contribution is -0.121. The standard InChI is InChI=1S/C17H16N4O4S/c1-10-5-16(23)21-12(9-26-17(21)19-10)7-15(22)18-8-11-6-14(25-20-11)13-3-2-4-24-13/h2-6,12H,7-9H2,1H3,(H,18,22)/t12-/m0/s1. The molecule has 1 N–H and O–H groups in total. The average Bonchev–Trinajstić information content (AvgIpc) is 3.33. The molecule has 8 nitrogen and oxygen atoms in total. The number of furan rings is 1. The molecular formula is C17H16N4O4S. The molecule has 3 aromatic heterocycles.